The predicted molar refractivity (Wildman–Crippen MR) is 86.6 cm³/mol. The summed E-state index contributed by atoms with van der Waals surface area (Å²) >= 11 is 0. The number of nitrogens with one attached hydrogen (secondary N) is 1. The Labute approximate surface area is 131 Å². The first-order chi connectivity index (χ1) is 10.7. The number of hydrogen-bond acceptors (Lipinski definition) is 3. The van der Waals surface area contributed by atoms with Crippen LogP contribution < -0.4 is 5.32 Å². The lowest BCUT2D eigenvalue weighted by Crippen LogP contribution is -2.34. The Hall–Kier alpha value is -2.13. The topological polar surface area (TPSA) is 38.3 Å². The van der Waals surface area contributed by atoms with Gasteiger partial charge in [-0.15, -0.1) is 0 Å². The first-order valence-corrected chi connectivity index (χ1v) is 7.73. The molecule has 22 heavy (non-hydrogen) atoms. The summed E-state index contributed by atoms with van der Waals surface area (Å²) in [5.41, 5.74) is 3.65. The first kappa shape index (κ1) is 14.8. The van der Waals surface area contributed by atoms with E-state index in [0.29, 0.717) is 13.0 Å². The van der Waals surface area contributed by atoms with Crippen molar-refractivity contribution in [2.45, 2.75) is 31.8 Å². The number of rotatable bonds is 3. The van der Waals surface area contributed by atoms with Gasteiger partial charge in [0.1, 0.15) is 6.61 Å². The molecule has 3 heteroatoms. The predicted octanol–water partition coefficient (Wildman–Crippen LogP) is 3.18. The second-order valence-electron chi connectivity index (χ2n) is 5.90. The van der Waals surface area contributed by atoms with Gasteiger partial charge in [-0.2, -0.15) is 0 Å². The Morgan fingerprint density at radius 3 is 2.55 bits per heavy atom. The Balaban J connectivity index is 1.74. The number of carbonyl (C=O) groups excluding carboxylic acids is 1. The van der Waals surface area contributed by atoms with Crippen molar-refractivity contribution in [3.8, 4) is 0 Å². The molecule has 2 aromatic rings. The average Bonchev–Trinajstić information content (AvgIpc) is 2.72. The fourth-order valence-corrected chi connectivity index (χ4v) is 2.85. The normalized spacial score (nSPS) is 22.0. The molecule has 0 aliphatic carbocycles. The molecule has 0 aromatic heterocycles. The van der Waals surface area contributed by atoms with Gasteiger partial charge in [0.2, 0.25) is 0 Å². The first-order valence-electron chi connectivity index (χ1n) is 7.73. The third-order valence-corrected chi connectivity index (χ3v) is 4.07. The molecule has 0 saturated carbocycles. The van der Waals surface area contributed by atoms with Crippen LogP contribution in [0.15, 0.2) is 54.6 Å². The van der Waals surface area contributed by atoms with E-state index in [2.05, 4.69) is 48.6 Å². The van der Waals surface area contributed by atoms with Crippen LogP contribution in [0.2, 0.25) is 0 Å². The van der Waals surface area contributed by atoms with Crippen LogP contribution in [-0.2, 0) is 16.0 Å². The fraction of sp³-hybridized carbons (Fsp3) is 0.316. The molecule has 1 aliphatic heterocycles. The number of esters is 1. The van der Waals surface area contributed by atoms with Crippen LogP contribution in [0.5, 0.6) is 0 Å². The molecule has 1 fully saturated rings. The van der Waals surface area contributed by atoms with Crippen molar-refractivity contribution in [3.63, 3.8) is 0 Å². The van der Waals surface area contributed by atoms with E-state index in [1.165, 1.54) is 11.1 Å². The van der Waals surface area contributed by atoms with Gasteiger partial charge in [-0.1, -0.05) is 60.2 Å². The molecule has 1 aliphatic rings. The molecule has 2 atom stereocenters. The van der Waals surface area contributed by atoms with Crippen molar-refractivity contribution < 1.29 is 9.53 Å². The minimum Gasteiger partial charge on any atom is -0.464 e. The van der Waals surface area contributed by atoms with Crippen molar-refractivity contribution in [2.24, 2.45) is 0 Å². The minimum atomic E-state index is -0.122. The zero-order valence-electron chi connectivity index (χ0n) is 12.8. The smallest absolute Gasteiger partial charge is 0.307 e. The summed E-state index contributed by atoms with van der Waals surface area (Å²) in [6.07, 6.45) is 1.25. The van der Waals surface area contributed by atoms with Crippen molar-refractivity contribution in [1.29, 1.82) is 0 Å². The quantitative estimate of drug-likeness (QED) is 0.884. The lowest BCUT2D eigenvalue weighted by Gasteiger charge is -2.21. The van der Waals surface area contributed by atoms with E-state index in [1.54, 1.807) is 0 Å². The SMILES string of the molecule is Cc1ccc(CC2CC(=O)OCC(c3ccccc3)N2)cc1. The van der Waals surface area contributed by atoms with E-state index >= 15 is 0 Å². The van der Waals surface area contributed by atoms with E-state index in [-0.39, 0.29) is 18.1 Å². The Morgan fingerprint density at radius 2 is 1.82 bits per heavy atom. The standard InChI is InChI=1S/C19H21NO2/c1-14-7-9-15(10-8-14)11-17-12-19(21)22-13-18(20-17)16-5-3-2-4-6-16/h2-10,17-18,20H,11-13H2,1H3. The minimum absolute atomic E-state index is 0.0584. The second-order valence-corrected chi connectivity index (χ2v) is 5.90. The number of benzene rings is 2. The second kappa shape index (κ2) is 6.75. The number of cyclic esters (lactones) is 1. The Bertz CT molecular complexity index is 622. The average molecular weight is 295 g/mol. The van der Waals surface area contributed by atoms with Gasteiger partial charge in [0, 0.05) is 6.04 Å². The summed E-state index contributed by atoms with van der Waals surface area (Å²) < 4.78 is 5.36. The molecule has 0 bridgehead atoms. The molecule has 3 nitrogen and oxygen atoms in total. The largest absolute Gasteiger partial charge is 0.464 e. The summed E-state index contributed by atoms with van der Waals surface area (Å²) in [6.45, 7) is 2.48. The number of ether oxygens (including phenoxy) is 1. The number of aryl methyl sites for hydroxylation is 1. The van der Waals surface area contributed by atoms with Crippen LogP contribution in [0.4, 0.5) is 0 Å². The van der Waals surface area contributed by atoms with E-state index in [0.717, 1.165) is 12.0 Å². The lowest BCUT2D eigenvalue weighted by molar-refractivity contribution is -0.143. The third-order valence-electron chi connectivity index (χ3n) is 4.07. The van der Waals surface area contributed by atoms with Crippen LogP contribution in [0.3, 0.4) is 0 Å². The molecular formula is C19H21NO2. The van der Waals surface area contributed by atoms with E-state index < -0.39 is 0 Å². The van der Waals surface area contributed by atoms with Crippen molar-refractivity contribution in [1.82, 2.24) is 5.32 Å². The summed E-state index contributed by atoms with van der Waals surface area (Å²) in [6, 6.07) is 18.8. The van der Waals surface area contributed by atoms with Crippen LogP contribution in [0.1, 0.15) is 29.2 Å². The summed E-state index contributed by atoms with van der Waals surface area (Å²) in [4.78, 5) is 11.9. The highest BCUT2D eigenvalue weighted by Crippen LogP contribution is 2.20. The fourth-order valence-electron chi connectivity index (χ4n) is 2.85. The van der Waals surface area contributed by atoms with Gasteiger partial charge >= 0.3 is 5.97 Å². The van der Waals surface area contributed by atoms with Crippen LogP contribution in [-0.4, -0.2) is 18.6 Å². The van der Waals surface area contributed by atoms with Crippen molar-refractivity contribution >= 4 is 5.97 Å². The molecule has 2 aromatic carbocycles. The van der Waals surface area contributed by atoms with Crippen molar-refractivity contribution in [3.05, 3.63) is 71.3 Å². The zero-order chi connectivity index (χ0) is 15.4. The highest BCUT2D eigenvalue weighted by atomic mass is 16.5. The van der Waals surface area contributed by atoms with Crippen LogP contribution in [0.25, 0.3) is 0 Å². The maximum absolute atomic E-state index is 11.9. The van der Waals surface area contributed by atoms with E-state index in [1.807, 2.05) is 18.2 Å². The maximum Gasteiger partial charge on any atom is 0.307 e. The highest BCUT2D eigenvalue weighted by Gasteiger charge is 2.25. The number of hydrogen-bond donors (Lipinski definition) is 1. The molecule has 0 radical (unpaired) electrons. The summed E-state index contributed by atoms with van der Waals surface area (Å²) in [5, 5.41) is 3.58. The highest BCUT2D eigenvalue weighted by molar-refractivity contribution is 5.70. The van der Waals surface area contributed by atoms with Crippen LogP contribution >= 0.6 is 0 Å². The molecule has 2 unspecified atom stereocenters. The summed E-state index contributed by atoms with van der Waals surface area (Å²) in [7, 11) is 0. The number of carbonyl (C=O) groups is 1. The molecule has 1 saturated heterocycles. The van der Waals surface area contributed by atoms with Crippen molar-refractivity contribution in [2.75, 3.05) is 6.61 Å². The van der Waals surface area contributed by atoms with Gasteiger partial charge in [-0.05, 0) is 24.5 Å². The van der Waals surface area contributed by atoms with Gasteiger partial charge in [-0.25, -0.2) is 0 Å². The third kappa shape index (κ3) is 3.74. The van der Waals surface area contributed by atoms with Gasteiger partial charge < -0.3 is 10.1 Å². The monoisotopic (exact) mass is 295 g/mol. The lowest BCUT2D eigenvalue weighted by atomic mass is 10.0. The zero-order valence-corrected chi connectivity index (χ0v) is 12.8. The van der Waals surface area contributed by atoms with Gasteiger partial charge in [0.15, 0.2) is 0 Å². The molecule has 1 N–H and O–H groups in total. The molecule has 3 rings (SSSR count). The van der Waals surface area contributed by atoms with E-state index in [9.17, 15) is 4.79 Å². The molecule has 0 amide bonds. The maximum atomic E-state index is 11.9. The molecule has 114 valence electrons. The summed E-state index contributed by atoms with van der Waals surface area (Å²) in [5.74, 6) is -0.122. The van der Waals surface area contributed by atoms with E-state index in [4.69, 9.17) is 4.74 Å². The molecule has 0 spiro atoms. The van der Waals surface area contributed by atoms with Crippen LogP contribution in [0, 0.1) is 6.92 Å². The van der Waals surface area contributed by atoms with Gasteiger partial charge in [-0.3, -0.25) is 4.79 Å². The Kier molecular flexibility index (Phi) is 4.54. The van der Waals surface area contributed by atoms with Gasteiger partial charge in [0.25, 0.3) is 0 Å². The molecular weight excluding hydrogens is 274 g/mol. The Morgan fingerprint density at radius 1 is 1.09 bits per heavy atom. The van der Waals surface area contributed by atoms with Gasteiger partial charge in [0.05, 0.1) is 12.5 Å². The molecule has 1 heterocycles.